The molecule has 0 aromatic rings. The van der Waals surface area contributed by atoms with E-state index in [0.29, 0.717) is 17.8 Å². The van der Waals surface area contributed by atoms with E-state index in [-0.39, 0.29) is 146 Å². The Balaban J connectivity index is -0.000000334. The molecule has 0 aliphatic heterocycles. The van der Waals surface area contributed by atoms with E-state index in [9.17, 15) is 24.0 Å². The molecule has 8 rings (SSSR count). The van der Waals surface area contributed by atoms with Crippen LogP contribution in [0.2, 0.25) is 0 Å². The Morgan fingerprint density at radius 2 is 0.860 bits per heavy atom. The Morgan fingerprint density at radius 1 is 0.453 bits per heavy atom. The molecule has 0 amide bonds. The smallest absolute Gasteiger partial charge is 0.312 e. The summed E-state index contributed by atoms with van der Waals surface area (Å²) in [5.41, 5.74) is -2.37. The van der Waals surface area contributed by atoms with E-state index >= 15 is 0 Å². The zero-order valence-electron chi connectivity index (χ0n) is 54.1. The van der Waals surface area contributed by atoms with Gasteiger partial charge in [-0.1, -0.05) is 140 Å². The Labute approximate surface area is 537 Å². The second-order valence-corrected chi connectivity index (χ2v) is 30.9. The summed E-state index contributed by atoms with van der Waals surface area (Å²) in [6, 6.07) is 0. The molecule has 516 valence electrons. The van der Waals surface area contributed by atoms with E-state index in [1.807, 2.05) is 76.2 Å². The van der Waals surface area contributed by atoms with E-state index < -0.39 is 5.41 Å². The molecule has 86 heavy (non-hydrogen) atoms. The summed E-state index contributed by atoms with van der Waals surface area (Å²) in [5, 5.41) is 0. The fourth-order valence-electron chi connectivity index (χ4n) is 14.4. The highest BCUT2D eigenvalue weighted by Gasteiger charge is 2.57. The van der Waals surface area contributed by atoms with Crippen LogP contribution in [-0.4, -0.2) is 58.9 Å². The number of carbonyl (C=O) groups is 5. The van der Waals surface area contributed by atoms with Crippen LogP contribution in [0.4, 0.5) is 0 Å². The lowest BCUT2D eigenvalue weighted by molar-refractivity contribution is -0.204. The first kappa shape index (κ1) is 92.1. The molecule has 0 spiro atoms. The van der Waals surface area contributed by atoms with Gasteiger partial charge in [0.25, 0.3) is 0 Å². The van der Waals surface area contributed by atoms with Gasteiger partial charge in [-0.25, -0.2) is 0 Å². The maximum absolute atomic E-state index is 12.6. The molecule has 8 aliphatic rings. The van der Waals surface area contributed by atoms with Gasteiger partial charge in [-0.2, -0.15) is 0 Å². The Morgan fingerprint density at radius 3 is 1.30 bits per heavy atom. The van der Waals surface area contributed by atoms with Crippen LogP contribution in [0, 0.1) is 74.4 Å². The molecule has 4 unspecified atom stereocenters. The van der Waals surface area contributed by atoms with Crippen LogP contribution in [0.3, 0.4) is 0 Å². The molecule has 10 nitrogen and oxygen atoms in total. The van der Waals surface area contributed by atoms with Gasteiger partial charge >= 0.3 is 29.8 Å². The molecule has 0 N–H and O–H groups in total. The van der Waals surface area contributed by atoms with Gasteiger partial charge in [0.1, 0.15) is 29.0 Å². The van der Waals surface area contributed by atoms with Gasteiger partial charge in [0.05, 0.1) is 28.1 Å². The van der Waals surface area contributed by atoms with Gasteiger partial charge in [-0.3, -0.25) is 24.0 Å². The normalized spacial score (nSPS) is 27.7. The zero-order chi connectivity index (χ0) is 58.9. The molecule has 4 atom stereocenters. The minimum absolute atomic E-state index is 0. The van der Waals surface area contributed by atoms with E-state index in [1.54, 1.807) is 0 Å². The second-order valence-electron chi connectivity index (χ2n) is 30.9. The van der Waals surface area contributed by atoms with Gasteiger partial charge in [-0.15, -0.1) is 0 Å². The molecule has 0 radical (unpaired) electrons. The molecular formula is C76H152O10. The van der Waals surface area contributed by atoms with E-state index in [1.165, 1.54) is 103 Å². The van der Waals surface area contributed by atoms with Crippen LogP contribution in [-0.2, 0) is 47.7 Å². The molecule has 8 saturated carbocycles. The minimum atomic E-state index is -0.489. The van der Waals surface area contributed by atoms with Crippen molar-refractivity contribution >= 4 is 29.8 Å². The number of ether oxygens (including phenoxy) is 5. The fourth-order valence-corrected chi connectivity index (χ4v) is 14.4. The fraction of sp³-hybridized carbons (Fsp3) is 0.934. The second kappa shape index (κ2) is 37.0. The molecule has 0 heterocycles. The molecule has 0 aromatic carbocycles. The summed E-state index contributed by atoms with van der Waals surface area (Å²) in [4.78, 5) is 60.9. The van der Waals surface area contributed by atoms with Crippen LogP contribution in [0.15, 0.2) is 0 Å². The molecule has 4 bridgehead atoms. The van der Waals surface area contributed by atoms with Crippen LogP contribution in [0.5, 0.6) is 0 Å². The molecule has 8 aliphatic carbocycles. The number of hydrogen-bond donors (Lipinski definition) is 0. The van der Waals surface area contributed by atoms with Crippen molar-refractivity contribution in [3.05, 3.63) is 0 Å². The summed E-state index contributed by atoms with van der Waals surface area (Å²) >= 11 is 0. The van der Waals surface area contributed by atoms with Gasteiger partial charge in [0.2, 0.25) is 0 Å². The highest BCUT2D eigenvalue weighted by molar-refractivity contribution is 5.78. The van der Waals surface area contributed by atoms with Crippen LogP contribution < -0.4 is 0 Å². The standard InChI is InChI=1S/C20H32O4.C20H36O2.C15H28O2.C13H24O2.8CH4/c1-5-19(2,3)18(22)23-7-6-17(21)24-20(4)15-9-13-8-14(11-15)12-16(20)10-13;1-8-18(3,4)17(21)22-20(7)12-11-15-14(2)9-10-16(15)19(5,6)13-20;1-6-14(2,3)13(16)17-15(4,5)12-10-8-7-9-11-12;1-5-12(2,3)11(14)15-13(4)9-7-6-8-10-13;;;;;;;;/h13-16H,5-12H2,1-4H3;14-16H,8-13H2,1-7H3;12H,6-11H2,1-5H3;5-10H2,1-4H3;8*1H4. The topological polar surface area (TPSA) is 132 Å². The van der Waals surface area contributed by atoms with Crippen molar-refractivity contribution in [3.63, 3.8) is 0 Å². The van der Waals surface area contributed by atoms with Gasteiger partial charge in [-0.05, 0) is 265 Å². The van der Waals surface area contributed by atoms with Crippen molar-refractivity contribution in [2.75, 3.05) is 6.61 Å². The summed E-state index contributed by atoms with van der Waals surface area (Å²) in [5.74, 6) is 5.19. The Bertz CT molecular complexity index is 1930. The highest BCUT2D eigenvalue weighted by Crippen LogP contribution is 2.60. The number of rotatable bonds is 16. The maximum Gasteiger partial charge on any atom is 0.312 e. The first-order chi connectivity index (χ1) is 35.9. The van der Waals surface area contributed by atoms with Crippen molar-refractivity contribution in [2.24, 2.45) is 74.4 Å². The lowest BCUT2D eigenvalue weighted by atomic mass is 9.50. The first-order valence-electron chi connectivity index (χ1n) is 32.0. The third-order valence-corrected chi connectivity index (χ3v) is 21.9. The summed E-state index contributed by atoms with van der Waals surface area (Å²) < 4.78 is 28.8. The van der Waals surface area contributed by atoms with Crippen molar-refractivity contribution in [1.82, 2.24) is 0 Å². The average molecular weight is 1230 g/mol. The van der Waals surface area contributed by atoms with E-state index in [2.05, 4.69) is 62.3 Å². The summed E-state index contributed by atoms with van der Waals surface area (Å²) in [6.45, 7) is 41.5. The predicted molar refractivity (Wildman–Crippen MR) is 369 cm³/mol. The Kier molecular flexibility index (Phi) is 39.6. The molecule has 10 heteroatoms. The third-order valence-electron chi connectivity index (χ3n) is 21.9. The van der Waals surface area contributed by atoms with E-state index in [4.69, 9.17) is 23.7 Å². The van der Waals surface area contributed by atoms with Crippen LogP contribution in [0.25, 0.3) is 0 Å². The number of fused-ring (bicyclic) bond motifs is 1. The average Bonchev–Trinajstić information content (AvgIpc) is 3.71. The molecular weight excluding hydrogens is 1070 g/mol. The SMILES string of the molecule is C.C.C.C.C.C.C.C.CCC(C)(C)C(=O)OC(C)(C)C1CCCCC1.CCC(C)(C)C(=O)OC1(C)CCC2C(C)CCC2C(C)(C)C1.CCC(C)(C)C(=O)OC1(C)CCCCC1.CCC(C)(C)C(=O)OCCC(=O)OC1(C)C2CC3CC(C2)CC1C3. The summed E-state index contributed by atoms with van der Waals surface area (Å²) in [7, 11) is 0. The van der Waals surface area contributed by atoms with Gasteiger partial charge in [0, 0.05) is 0 Å². The third kappa shape index (κ3) is 24.5. The maximum atomic E-state index is 12.6. The van der Waals surface area contributed by atoms with E-state index in [0.717, 1.165) is 81.0 Å². The van der Waals surface area contributed by atoms with Crippen molar-refractivity contribution < 1.29 is 47.7 Å². The minimum Gasteiger partial charge on any atom is -0.465 e. The molecule has 0 saturated heterocycles. The predicted octanol–water partition coefficient (Wildman–Crippen LogP) is 22.8. The van der Waals surface area contributed by atoms with Crippen LogP contribution in [0.1, 0.15) is 358 Å². The zero-order valence-corrected chi connectivity index (χ0v) is 54.1. The number of carbonyl (C=O) groups excluding carboxylic acids is 5. The highest BCUT2D eigenvalue weighted by atomic mass is 16.6. The summed E-state index contributed by atoms with van der Waals surface area (Å²) in [6.07, 6.45) is 27.6. The lowest BCUT2D eigenvalue weighted by Gasteiger charge is -2.59. The van der Waals surface area contributed by atoms with Gasteiger partial charge in [0.15, 0.2) is 0 Å². The first-order valence-corrected chi connectivity index (χ1v) is 32.0. The van der Waals surface area contributed by atoms with Gasteiger partial charge < -0.3 is 23.7 Å². The van der Waals surface area contributed by atoms with Crippen molar-refractivity contribution in [3.8, 4) is 0 Å². The van der Waals surface area contributed by atoms with Crippen molar-refractivity contribution in [2.45, 2.75) is 381 Å². The number of hydrogen-bond acceptors (Lipinski definition) is 10. The van der Waals surface area contributed by atoms with Crippen molar-refractivity contribution in [1.29, 1.82) is 0 Å². The lowest BCUT2D eigenvalue weighted by Crippen LogP contribution is -2.58. The number of esters is 5. The molecule has 8 fully saturated rings. The largest absolute Gasteiger partial charge is 0.465 e. The molecule has 0 aromatic heterocycles. The van der Waals surface area contributed by atoms with Crippen LogP contribution >= 0.6 is 0 Å². The monoisotopic (exact) mass is 1230 g/mol. The quantitative estimate of drug-likeness (QED) is 0.109. The Hall–Kier alpha value is -2.65.